The number of nitrogens with zero attached hydrogens (tertiary/aromatic N) is 1. The number of hydrogen-bond donors (Lipinski definition) is 2. The lowest BCUT2D eigenvalue weighted by Gasteiger charge is -2.17. The topological polar surface area (TPSA) is 56.0 Å². The van der Waals surface area contributed by atoms with Gasteiger partial charge < -0.3 is 10.4 Å². The SMILES string of the molecule is CC(C)(O)CCNc1ccccc1C#N. The van der Waals surface area contributed by atoms with E-state index in [1.165, 1.54) is 0 Å². The predicted molar refractivity (Wildman–Crippen MR) is 60.6 cm³/mol. The van der Waals surface area contributed by atoms with Crippen molar-refractivity contribution in [2.24, 2.45) is 0 Å². The summed E-state index contributed by atoms with van der Waals surface area (Å²) in [7, 11) is 0. The van der Waals surface area contributed by atoms with Crippen molar-refractivity contribution in [1.29, 1.82) is 5.26 Å². The number of nitrogens with one attached hydrogen (secondary N) is 1. The summed E-state index contributed by atoms with van der Waals surface area (Å²) in [5, 5.41) is 21.5. The predicted octanol–water partition coefficient (Wildman–Crippen LogP) is 2.13. The molecule has 0 heterocycles. The standard InChI is InChI=1S/C12H16N2O/c1-12(2,15)7-8-14-11-6-4-3-5-10(11)9-13/h3-6,14-15H,7-8H2,1-2H3. The Hall–Kier alpha value is -1.53. The van der Waals surface area contributed by atoms with E-state index in [1.54, 1.807) is 19.9 Å². The van der Waals surface area contributed by atoms with Crippen LogP contribution in [0.1, 0.15) is 25.8 Å². The van der Waals surface area contributed by atoms with Gasteiger partial charge in [0.05, 0.1) is 16.9 Å². The second-order valence-corrected chi connectivity index (χ2v) is 4.15. The summed E-state index contributed by atoms with van der Waals surface area (Å²) in [6, 6.07) is 9.47. The van der Waals surface area contributed by atoms with Crippen LogP contribution in [0.25, 0.3) is 0 Å². The highest BCUT2D eigenvalue weighted by Crippen LogP contribution is 2.14. The lowest BCUT2D eigenvalue weighted by molar-refractivity contribution is 0.0749. The van der Waals surface area contributed by atoms with Gasteiger partial charge in [-0.25, -0.2) is 0 Å². The highest BCUT2D eigenvalue weighted by atomic mass is 16.3. The van der Waals surface area contributed by atoms with Crippen LogP contribution in [-0.4, -0.2) is 17.3 Å². The van der Waals surface area contributed by atoms with Gasteiger partial charge in [0.15, 0.2) is 0 Å². The molecule has 2 N–H and O–H groups in total. The zero-order chi connectivity index (χ0) is 11.3. The molecule has 3 nitrogen and oxygen atoms in total. The van der Waals surface area contributed by atoms with E-state index in [2.05, 4.69) is 11.4 Å². The first-order valence-electron chi connectivity index (χ1n) is 4.98. The Bertz CT molecular complexity index is 361. The van der Waals surface area contributed by atoms with Crippen molar-refractivity contribution in [3.63, 3.8) is 0 Å². The molecular formula is C12H16N2O. The minimum atomic E-state index is -0.672. The summed E-state index contributed by atoms with van der Waals surface area (Å²) in [5.74, 6) is 0. The Balaban J connectivity index is 2.55. The van der Waals surface area contributed by atoms with E-state index in [-0.39, 0.29) is 0 Å². The summed E-state index contributed by atoms with van der Waals surface area (Å²) in [6.45, 7) is 4.19. The third-order valence-corrected chi connectivity index (χ3v) is 2.10. The number of aliphatic hydroxyl groups is 1. The van der Waals surface area contributed by atoms with E-state index in [0.717, 1.165) is 5.69 Å². The van der Waals surface area contributed by atoms with Gasteiger partial charge in [0.25, 0.3) is 0 Å². The largest absolute Gasteiger partial charge is 0.390 e. The molecule has 0 unspecified atom stereocenters. The van der Waals surface area contributed by atoms with E-state index in [1.807, 2.05) is 18.2 Å². The van der Waals surface area contributed by atoms with E-state index in [9.17, 15) is 5.11 Å². The molecule has 0 spiro atoms. The molecule has 15 heavy (non-hydrogen) atoms. The van der Waals surface area contributed by atoms with Crippen molar-refractivity contribution in [2.75, 3.05) is 11.9 Å². The second-order valence-electron chi connectivity index (χ2n) is 4.15. The Morgan fingerprint density at radius 2 is 2.07 bits per heavy atom. The van der Waals surface area contributed by atoms with Gasteiger partial charge in [-0.3, -0.25) is 0 Å². The molecule has 0 atom stereocenters. The fraction of sp³-hybridized carbons (Fsp3) is 0.417. The van der Waals surface area contributed by atoms with Crippen LogP contribution in [0.3, 0.4) is 0 Å². The first-order chi connectivity index (χ1) is 7.03. The Labute approximate surface area is 90.4 Å². The molecule has 0 aliphatic heterocycles. The molecule has 1 aromatic rings. The van der Waals surface area contributed by atoms with E-state index in [0.29, 0.717) is 18.5 Å². The van der Waals surface area contributed by atoms with Crippen molar-refractivity contribution >= 4 is 5.69 Å². The molecule has 0 amide bonds. The van der Waals surface area contributed by atoms with Crippen molar-refractivity contribution < 1.29 is 5.11 Å². The minimum Gasteiger partial charge on any atom is -0.390 e. The van der Waals surface area contributed by atoms with E-state index >= 15 is 0 Å². The number of hydrogen-bond acceptors (Lipinski definition) is 3. The monoisotopic (exact) mass is 204 g/mol. The zero-order valence-corrected chi connectivity index (χ0v) is 9.12. The molecule has 0 aliphatic rings. The van der Waals surface area contributed by atoms with Gasteiger partial charge in [-0.1, -0.05) is 12.1 Å². The third-order valence-electron chi connectivity index (χ3n) is 2.10. The molecular weight excluding hydrogens is 188 g/mol. The van der Waals surface area contributed by atoms with E-state index < -0.39 is 5.60 Å². The van der Waals surface area contributed by atoms with Crippen molar-refractivity contribution in [3.05, 3.63) is 29.8 Å². The lowest BCUT2D eigenvalue weighted by atomic mass is 10.1. The Kier molecular flexibility index (Phi) is 3.70. The first kappa shape index (κ1) is 11.5. The van der Waals surface area contributed by atoms with Crippen LogP contribution in [0, 0.1) is 11.3 Å². The maximum absolute atomic E-state index is 9.52. The third kappa shape index (κ3) is 4.01. The molecule has 0 fully saturated rings. The van der Waals surface area contributed by atoms with Gasteiger partial charge in [0.1, 0.15) is 6.07 Å². The normalized spacial score (nSPS) is 10.8. The number of benzene rings is 1. The molecule has 0 saturated carbocycles. The molecule has 0 radical (unpaired) electrons. The van der Waals surface area contributed by atoms with Gasteiger partial charge in [-0.05, 0) is 32.4 Å². The first-order valence-corrected chi connectivity index (χ1v) is 4.98. The molecule has 0 aliphatic carbocycles. The molecule has 1 aromatic carbocycles. The lowest BCUT2D eigenvalue weighted by Crippen LogP contribution is -2.22. The van der Waals surface area contributed by atoms with Crippen molar-refractivity contribution in [3.8, 4) is 6.07 Å². The van der Waals surface area contributed by atoms with Crippen molar-refractivity contribution in [1.82, 2.24) is 0 Å². The van der Waals surface area contributed by atoms with Crippen LogP contribution >= 0.6 is 0 Å². The summed E-state index contributed by atoms with van der Waals surface area (Å²) in [5.41, 5.74) is 0.784. The van der Waals surface area contributed by atoms with Crippen LogP contribution in [0.4, 0.5) is 5.69 Å². The quantitative estimate of drug-likeness (QED) is 0.790. The number of anilines is 1. The highest BCUT2D eigenvalue weighted by Gasteiger charge is 2.11. The van der Waals surface area contributed by atoms with Crippen LogP contribution in [0.2, 0.25) is 0 Å². The summed E-state index contributed by atoms with van der Waals surface area (Å²) >= 11 is 0. The number of nitriles is 1. The minimum absolute atomic E-state index is 0.633. The average molecular weight is 204 g/mol. The number of para-hydroxylation sites is 1. The zero-order valence-electron chi connectivity index (χ0n) is 9.12. The Morgan fingerprint density at radius 1 is 1.40 bits per heavy atom. The average Bonchev–Trinajstić information content (AvgIpc) is 2.16. The molecule has 3 heteroatoms. The van der Waals surface area contributed by atoms with Crippen LogP contribution in [0.15, 0.2) is 24.3 Å². The number of rotatable bonds is 4. The van der Waals surface area contributed by atoms with E-state index in [4.69, 9.17) is 5.26 Å². The smallest absolute Gasteiger partial charge is 0.101 e. The summed E-state index contributed by atoms with van der Waals surface area (Å²) in [4.78, 5) is 0. The van der Waals surface area contributed by atoms with Crippen LogP contribution in [0.5, 0.6) is 0 Å². The fourth-order valence-electron chi connectivity index (χ4n) is 1.24. The van der Waals surface area contributed by atoms with Crippen molar-refractivity contribution in [2.45, 2.75) is 25.9 Å². The van der Waals surface area contributed by atoms with Gasteiger partial charge in [0.2, 0.25) is 0 Å². The maximum Gasteiger partial charge on any atom is 0.101 e. The van der Waals surface area contributed by atoms with Gasteiger partial charge in [-0.2, -0.15) is 5.26 Å². The summed E-state index contributed by atoms with van der Waals surface area (Å²) < 4.78 is 0. The van der Waals surface area contributed by atoms with Crippen LogP contribution in [-0.2, 0) is 0 Å². The molecule has 0 saturated heterocycles. The molecule has 0 aromatic heterocycles. The molecule has 80 valence electrons. The van der Waals surface area contributed by atoms with Gasteiger partial charge in [-0.15, -0.1) is 0 Å². The second kappa shape index (κ2) is 4.81. The van der Waals surface area contributed by atoms with Gasteiger partial charge in [0, 0.05) is 6.54 Å². The highest BCUT2D eigenvalue weighted by molar-refractivity contribution is 5.57. The van der Waals surface area contributed by atoms with Crippen LogP contribution < -0.4 is 5.32 Å². The molecule has 1 rings (SSSR count). The maximum atomic E-state index is 9.52. The van der Waals surface area contributed by atoms with Gasteiger partial charge >= 0.3 is 0 Å². The Morgan fingerprint density at radius 3 is 2.67 bits per heavy atom. The summed E-state index contributed by atoms with van der Waals surface area (Å²) in [6.07, 6.45) is 0.646. The molecule has 0 bridgehead atoms. The fourth-order valence-corrected chi connectivity index (χ4v) is 1.24.